The minimum atomic E-state index is -0.348. The minimum absolute atomic E-state index is 0.348. The van der Waals surface area contributed by atoms with E-state index in [0.717, 1.165) is 28.3 Å². The van der Waals surface area contributed by atoms with Gasteiger partial charge < -0.3 is 13.6 Å². The van der Waals surface area contributed by atoms with Gasteiger partial charge >= 0.3 is 0 Å². The summed E-state index contributed by atoms with van der Waals surface area (Å²) in [5, 5.41) is 9.97. The Labute approximate surface area is 197 Å². The maximum absolute atomic E-state index is 6.36. The zero-order chi connectivity index (χ0) is 22.8. The third-order valence-electron chi connectivity index (χ3n) is 5.86. The number of halogens is 1. The van der Waals surface area contributed by atoms with Gasteiger partial charge in [-0.25, -0.2) is 19.2 Å². The lowest BCUT2D eigenvalue weighted by Crippen LogP contribution is -2.15. The predicted molar refractivity (Wildman–Crippen MR) is 122 cm³/mol. The second-order valence-corrected chi connectivity index (χ2v) is 8.32. The van der Waals surface area contributed by atoms with E-state index in [9.17, 15) is 0 Å². The van der Waals surface area contributed by atoms with E-state index in [4.69, 9.17) is 35.3 Å². The van der Waals surface area contributed by atoms with Gasteiger partial charge in [0.1, 0.15) is 12.1 Å². The van der Waals surface area contributed by atoms with Gasteiger partial charge in [-0.1, -0.05) is 11.6 Å². The molecule has 0 saturated heterocycles. The van der Waals surface area contributed by atoms with E-state index < -0.39 is 0 Å². The van der Waals surface area contributed by atoms with Crippen molar-refractivity contribution in [3.8, 4) is 29.0 Å². The van der Waals surface area contributed by atoms with Crippen molar-refractivity contribution in [3.63, 3.8) is 0 Å². The van der Waals surface area contributed by atoms with Gasteiger partial charge in [-0.3, -0.25) is 0 Å². The standard InChI is InChI=1S/C24H15ClN6O3/c1-13-18-19(16-4-2-10-32-16)20-22-27-21(17-5-3-11-33-17)29-30(22)12-26-23(20)34-24(18)31(28-13)15-8-6-14(25)7-9-15/h2-12,19H,1H3/t19-/m0/s1. The Kier molecular flexibility index (Phi) is 3.97. The molecule has 0 radical (unpaired) electrons. The van der Waals surface area contributed by atoms with Crippen molar-refractivity contribution in [2.45, 2.75) is 12.8 Å². The van der Waals surface area contributed by atoms with Gasteiger partial charge in [-0.15, -0.1) is 5.10 Å². The number of rotatable bonds is 3. The summed E-state index contributed by atoms with van der Waals surface area (Å²) in [5.41, 5.74) is 3.83. The lowest BCUT2D eigenvalue weighted by molar-refractivity contribution is 0.392. The number of aromatic nitrogens is 6. The van der Waals surface area contributed by atoms with Crippen LogP contribution in [-0.4, -0.2) is 29.4 Å². The number of aryl methyl sites for hydroxylation is 1. The Hall–Kier alpha value is -4.37. The van der Waals surface area contributed by atoms with Gasteiger partial charge in [-0.05, 0) is 55.5 Å². The third-order valence-corrected chi connectivity index (χ3v) is 6.11. The molecule has 34 heavy (non-hydrogen) atoms. The Morgan fingerprint density at radius 2 is 1.76 bits per heavy atom. The molecule has 10 heteroatoms. The molecule has 0 unspecified atom stereocenters. The number of nitrogens with zero attached hydrogens (tertiary/aromatic N) is 6. The SMILES string of the molecule is Cc1nn(-c2ccc(Cl)cc2)c2c1[C@H](c1ccco1)c1c(ncn3nc(-c4ccco4)nc13)O2. The van der Waals surface area contributed by atoms with Crippen LogP contribution in [0.2, 0.25) is 5.02 Å². The molecule has 0 N–H and O–H groups in total. The van der Waals surface area contributed by atoms with Crippen LogP contribution in [0, 0.1) is 6.92 Å². The zero-order valence-corrected chi connectivity index (χ0v) is 18.5. The first kappa shape index (κ1) is 19.1. The molecule has 6 heterocycles. The monoisotopic (exact) mass is 470 g/mol. The summed E-state index contributed by atoms with van der Waals surface area (Å²) in [7, 11) is 0. The van der Waals surface area contributed by atoms with Crippen molar-refractivity contribution >= 4 is 17.2 Å². The number of ether oxygens (including phenoxy) is 1. The molecule has 1 atom stereocenters. The summed E-state index contributed by atoms with van der Waals surface area (Å²) in [5.74, 6) is 2.38. The van der Waals surface area contributed by atoms with Gasteiger partial charge in [0.2, 0.25) is 17.6 Å². The highest BCUT2D eigenvalue weighted by molar-refractivity contribution is 6.30. The molecule has 7 rings (SSSR count). The number of furan rings is 2. The maximum atomic E-state index is 6.36. The van der Waals surface area contributed by atoms with E-state index in [1.165, 1.54) is 0 Å². The van der Waals surface area contributed by atoms with Gasteiger partial charge in [0.05, 0.1) is 41.0 Å². The molecule has 0 aliphatic carbocycles. The first-order valence-corrected chi connectivity index (χ1v) is 10.9. The second-order valence-electron chi connectivity index (χ2n) is 7.89. The van der Waals surface area contributed by atoms with Crippen LogP contribution >= 0.6 is 11.6 Å². The van der Waals surface area contributed by atoms with E-state index in [2.05, 4.69) is 10.1 Å². The summed E-state index contributed by atoms with van der Waals surface area (Å²) in [6, 6.07) is 14.8. The normalized spacial score (nSPS) is 14.7. The molecule has 1 aliphatic rings. The molecule has 0 amide bonds. The number of hydrogen-bond acceptors (Lipinski definition) is 7. The van der Waals surface area contributed by atoms with E-state index >= 15 is 0 Å². The second kappa shape index (κ2) is 7.06. The van der Waals surface area contributed by atoms with Crippen LogP contribution < -0.4 is 4.74 Å². The van der Waals surface area contributed by atoms with Crippen molar-refractivity contribution in [1.29, 1.82) is 0 Å². The molecular formula is C24H15ClN6O3. The van der Waals surface area contributed by atoms with E-state index in [-0.39, 0.29) is 5.92 Å². The van der Waals surface area contributed by atoms with E-state index in [0.29, 0.717) is 34.0 Å². The molecule has 1 aromatic carbocycles. The van der Waals surface area contributed by atoms with Crippen LogP contribution in [0.5, 0.6) is 11.8 Å². The minimum Gasteiger partial charge on any atom is -0.468 e. The van der Waals surface area contributed by atoms with Crippen LogP contribution in [0.25, 0.3) is 22.9 Å². The molecule has 0 saturated carbocycles. The average molecular weight is 471 g/mol. The van der Waals surface area contributed by atoms with E-state index in [1.54, 1.807) is 34.1 Å². The van der Waals surface area contributed by atoms with Crippen molar-refractivity contribution in [2.75, 3.05) is 0 Å². The highest BCUT2D eigenvalue weighted by Gasteiger charge is 2.39. The third kappa shape index (κ3) is 2.74. The zero-order valence-electron chi connectivity index (χ0n) is 17.7. The molecule has 5 aromatic heterocycles. The highest BCUT2D eigenvalue weighted by atomic mass is 35.5. The Morgan fingerprint density at radius 3 is 2.53 bits per heavy atom. The quantitative estimate of drug-likeness (QED) is 0.340. The lowest BCUT2D eigenvalue weighted by atomic mass is 9.88. The highest BCUT2D eigenvalue weighted by Crippen LogP contribution is 2.49. The molecule has 1 aliphatic heterocycles. The van der Waals surface area contributed by atoms with Crippen LogP contribution in [0.1, 0.15) is 28.5 Å². The lowest BCUT2D eigenvalue weighted by Gasteiger charge is -2.24. The van der Waals surface area contributed by atoms with Gasteiger partial charge in [0.15, 0.2) is 11.4 Å². The van der Waals surface area contributed by atoms with E-state index in [1.807, 2.05) is 49.4 Å². The predicted octanol–water partition coefficient (Wildman–Crippen LogP) is 5.41. The summed E-state index contributed by atoms with van der Waals surface area (Å²) in [4.78, 5) is 9.32. The molecule has 0 bridgehead atoms. The van der Waals surface area contributed by atoms with Crippen molar-refractivity contribution < 1.29 is 13.6 Å². The first-order chi connectivity index (χ1) is 16.7. The number of benzene rings is 1. The topological polar surface area (TPSA) is 96.4 Å². The van der Waals surface area contributed by atoms with Gasteiger partial charge in [0.25, 0.3) is 0 Å². The maximum Gasteiger partial charge on any atom is 0.230 e. The largest absolute Gasteiger partial charge is 0.468 e. The summed E-state index contributed by atoms with van der Waals surface area (Å²) in [6.45, 7) is 1.95. The molecule has 166 valence electrons. The van der Waals surface area contributed by atoms with Gasteiger partial charge in [-0.2, -0.15) is 5.10 Å². The van der Waals surface area contributed by atoms with Crippen LogP contribution in [-0.2, 0) is 0 Å². The van der Waals surface area contributed by atoms with Crippen molar-refractivity contribution in [1.82, 2.24) is 29.4 Å². The van der Waals surface area contributed by atoms with Crippen molar-refractivity contribution in [3.05, 3.63) is 95.0 Å². The Morgan fingerprint density at radius 1 is 0.941 bits per heavy atom. The molecule has 0 fully saturated rings. The molecule has 9 nitrogen and oxygen atoms in total. The number of hydrogen-bond donors (Lipinski definition) is 0. The summed E-state index contributed by atoms with van der Waals surface area (Å²) >= 11 is 6.09. The molecule has 6 aromatic rings. The molecule has 0 spiro atoms. The number of fused-ring (bicyclic) bond motifs is 4. The summed E-state index contributed by atoms with van der Waals surface area (Å²) < 4.78 is 21.1. The summed E-state index contributed by atoms with van der Waals surface area (Å²) in [6.07, 6.45) is 4.81. The van der Waals surface area contributed by atoms with Crippen molar-refractivity contribution in [2.24, 2.45) is 0 Å². The van der Waals surface area contributed by atoms with Crippen LogP contribution in [0.15, 0.2) is 76.2 Å². The van der Waals surface area contributed by atoms with Crippen LogP contribution in [0.4, 0.5) is 0 Å². The smallest absolute Gasteiger partial charge is 0.230 e. The van der Waals surface area contributed by atoms with Gasteiger partial charge in [0, 0.05) is 5.02 Å². The Bertz CT molecular complexity index is 1650. The Balaban J connectivity index is 1.48. The fourth-order valence-electron chi connectivity index (χ4n) is 4.39. The first-order valence-electron chi connectivity index (χ1n) is 10.5. The fourth-order valence-corrected chi connectivity index (χ4v) is 4.51. The fraction of sp³-hybridized carbons (Fsp3) is 0.0833. The average Bonchev–Trinajstić information content (AvgIpc) is 3.65. The van der Waals surface area contributed by atoms with Crippen LogP contribution in [0.3, 0.4) is 0 Å². The molecular weight excluding hydrogens is 456 g/mol.